The molecule has 0 radical (unpaired) electrons. The third kappa shape index (κ3) is 4.51. The summed E-state index contributed by atoms with van der Waals surface area (Å²) in [5.41, 5.74) is 6.65. The third-order valence-electron chi connectivity index (χ3n) is 3.45. The highest BCUT2D eigenvalue weighted by atomic mass is 16.5. The van der Waals surface area contributed by atoms with Crippen molar-refractivity contribution in [2.45, 2.75) is 25.8 Å². The van der Waals surface area contributed by atoms with Crippen LogP contribution in [0.15, 0.2) is 24.3 Å². The van der Waals surface area contributed by atoms with Gasteiger partial charge in [0.2, 0.25) is 5.91 Å². The number of ether oxygens (including phenoxy) is 1. The molecule has 1 amide bonds. The molecule has 5 nitrogen and oxygen atoms in total. The van der Waals surface area contributed by atoms with Gasteiger partial charge >= 0.3 is 0 Å². The van der Waals surface area contributed by atoms with E-state index in [-0.39, 0.29) is 5.91 Å². The number of nitrogens with zero attached hydrogens (tertiary/aromatic N) is 1. The molecule has 0 saturated carbocycles. The monoisotopic (exact) mass is 277 g/mol. The van der Waals surface area contributed by atoms with E-state index in [2.05, 4.69) is 10.2 Å². The van der Waals surface area contributed by atoms with Crippen molar-refractivity contribution >= 4 is 11.6 Å². The van der Waals surface area contributed by atoms with Crippen molar-refractivity contribution in [3.8, 4) is 5.75 Å². The van der Waals surface area contributed by atoms with Crippen LogP contribution < -0.4 is 15.8 Å². The summed E-state index contributed by atoms with van der Waals surface area (Å²) < 4.78 is 5.36. The summed E-state index contributed by atoms with van der Waals surface area (Å²) in [7, 11) is 0. The van der Waals surface area contributed by atoms with Crippen molar-refractivity contribution in [2.24, 2.45) is 5.73 Å². The molecular weight excluding hydrogens is 254 g/mol. The van der Waals surface area contributed by atoms with Gasteiger partial charge < -0.3 is 15.8 Å². The number of nitrogens with two attached hydrogens (primary N) is 1. The summed E-state index contributed by atoms with van der Waals surface area (Å²) in [6.07, 6.45) is 1.94. The Morgan fingerprint density at radius 3 is 2.60 bits per heavy atom. The molecule has 0 atom stereocenters. The number of anilines is 1. The first-order chi connectivity index (χ1) is 9.67. The number of amides is 1. The number of hydrogen-bond acceptors (Lipinski definition) is 4. The molecule has 0 spiro atoms. The number of rotatable bonds is 5. The van der Waals surface area contributed by atoms with Gasteiger partial charge in [0.25, 0.3) is 0 Å². The van der Waals surface area contributed by atoms with Crippen LogP contribution in [0.4, 0.5) is 5.69 Å². The van der Waals surface area contributed by atoms with Crippen molar-refractivity contribution in [3.63, 3.8) is 0 Å². The molecule has 1 saturated heterocycles. The van der Waals surface area contributed by atoms with Crippen LogP contribution in [0, 0.1) is 0 Å². The first-order valence-electron chi connectivity index (χ1n) is 7.18. The van der Waals surface area contributed by atoms with Gasteiger partial charge in [-0.2, -0.15) is 0 Å². The zero-order chi connectivity index (χ0) is 14.4. The lowest BCUT2D eigenvalue weighted by Crippen LogP contribution is -2.43. The lowest BCUT2D eigenvalue weighted by Gasteiger charge is -2.29. The van der Waals surface area contributed by atoms with Crippen molar-refractivity contribution in [2.75, 3.05) is 31.6 Å². The molecule has 1 aliphatic heterocycles. The predicted molar refractivity (Wildman–Crippen MR) is 79.9 cm³/mol. The largest absolute Gasteiger partial charge is 0.494 e. The molecule has 0 aromatic heterocycles. The van der Waals surface area contributed by atoms with E-state index in [1.165, 1.54) is 0 Å². The Morgan fingerprint density at radius 2 is 2.00 bits per heavy atom. The molecule has 0 bridgehead atoms. The van der Waals surface area contributed by atoms with Crippen LogP contribution in [0.25, 0.3) is 0 Å². The highest BCUT2D eigenvalue weighted by molar-refractivity contribution is 5.92. The maximum Gasteiger partial charge on any atom is 0.238 e. The Hall–Kier alpha value is -1.59. The van der Waals surface area contributed by atoms with Crippen molar-refractivity contribution in [1.29, 1.82) is 0 Å². The van der Waals surface area contributed by atoms with Gasteiger partial charge in [0, 0.05) is 24.8 Å². The zero-order valence-corrected chi connectivity index (χ0v) is 12.0. The molecule has 2 rings (SSSR count). The van der Waals surface area contributed by atoms with Gasteiger partial charge in [-0.25, -0.2) is 0 Å². The summed E-state index contributed by atoms with van der Waals surface area (Å²) in [6, 6.07) is 7.72. The van der Waals surface area contributed by atoms with Crippen LogP contribution in [0.3, 0.4) is 0 Å². The van der Waals surface area contributed by atoms with E-state index in [4.69, 9.17) is 10.5 Å². The van der Waals surface area contributed by atoms with E-state index in [0.29, 0.717) is 19.2 Å². The topological polar surface area (TPSA) is 67.6 Å². The van der Waals surface area contributed by atoms with E-state index in [9.17, 15) is 4.79 Å². The Kier molecular flexibility index (Phi) is 5.38. The van der Waals surface area contributed by atoms with Gasteiger partial charge in [0.1, 0.15) is 5.75 Å². The number of likely N-dealkylation sites (tertiary alicyclic amines) is 1. The van der Waals surface area contributed by atoms with Crippen molar-refractivity contribution < 1.29 is 9.53 Å². The van der Waals surface area contributed by atoms with Crippen LogP contribution in [0.2, 0.25) is 0 Å². The zero-order valence-electron chi connectivity index (χ0n) is 12.0. The quantitative estimate of drug-likeness (QED) is 0.855. The molecule has 1 aliphatic rings. The first kappa shape index (κ1) is 14.8. The minimum absolute atomic E-state index is 0.0182. The molecule has 3 N–H and O–H groups in total. The first-order valence-corrected chi connectivity index (χ1v) is 7.18. The average molecular weight is 277 g/mol. The van der Waals surface area contributed by atoms with E-state index in [1.807, 2.05) is 31.2 Å². The number of benzene rings is 1. The second kappa shape index (κ2) is 7.26. The van der Waals surface area contributed by atoms with E-state index < -0.39 is 0 Å². The fourth-order valence-corrected chi connectivity index (χ4v) is 2.32. The van der Waals surface area contributed by atoms with Gasteiger partial charge in [-0.15, -0.1) is 0 Å². The van der Waals surface area contributed by atoms with Crippen molar-refractivity contribution in [1.82, 2.24) is 4.90 Å². The lowest BCUT2D eigenvalue weighted by molar-refractivity contribution is -0.117. The second-order valence-corrected chi connectivity index (χ2v) is 5.12. The Balaban J connectivity index is 1.79. The number of carbonyl (C=O) groups excluding carboxylic acids is 1. The molecule has 1 heterocycles. The molecule has 5 heteroatoms. The Morgan fingerprint density at radius 1 is 1.35 bits per heavy atom. The molecule has 20 heavy (non-hydrogen) atoms. The number of hydrogen-bond donors (Lipinski definition) is 2. The Labute approximate surface area is 120 Å². The van der Waals surface area contributed by atoms with Crippen molar-refractivity contribution in [3.05, 3.63) is 24.3 Å². The molecule has 0 unspecified atom stereocenters. The molecule has 1 aromatic rings. The minimum Gasteiger partial charge on any atom is -0.494 e. The summed E-state index contributed by atoms with van der Waals surface area (Å²) in [4.78, 5) is 14.1. The lowest BCUT2D eigenvalue weighted by atomic mass is 10.1. The molecule has 1 fully saturated rings. The molecule has 110 valence electrons. The second-order valence-electron chi connectivity index (χ2n) is 5.12. The van der Waals surface area contributed by atoms with Crippen LogP contribution in [-0.4, -0.2) is 43.1 Å². The fraction of sp³-hybridized carbons (Fsp3) is 0.533. The van der Waals surface area contributed by atoms with Crippen LogP contribution in [-0.2, 0) is 4.79 Å². The summed E-state index contributed by atoms with van der Waals surface area (Å²) in [6.45, 7) is 4.82. The smallest absolute Gasteiger partial charge is 0.238 e. The van der Waals surface area contributed by atoms with Crippen LogP contribution in [0.1, 0.15) is 19.8 Å². The molecule has 1 aromatic carbocycles. The van der Waals surface area contributed by atoms with E-state index in [0.717, 1.165) is 37.4 Å². The van der Waals surface area contributed by atoms with Gasteiger partial charge in [0.05, 0.1) is 13.2 Å². The number of nitrogens with one attached hydrogen (secondary N) is 1. The maximum atomic E-state index is 12.0. The van der Waals surface area contributed by atoms with Gasteiger partial charge in [0.15, 0.2) is 0 Å². The summed E-state index contributed by atoms with van der Waals surface area (Å²) in [5, 5.41) is 2.90. The van der Waals surface area contributed by atoms with Gasteiger partial charge in [-0.3, -0.25) is 9.69 Å². The van der Waals surface area contributed by atoms with Crippen LogP contribution >= 0.6 is 0 Å². The summed E-state index contributed by atoms with van der Waals surface area (Å²) in [5.74, 6) is 0.833. The SMILES string of the molecule is CCOc1ccc(NC(=O)CN2CCC(N)CC2)cc1. The molecule has 0 aliphatic carbocycles. The minimum atomic E-state index is 0.0182. The highest BCUT2D eigenvalue weighted by Crippen LogP contribution is 2.15. The number of piperidine rings is 1. The maximum absolute atomic E-state index is 12.0. The fourth-order valence-electron chi connectivity index (χ4n) is 2.32. The van der Waals surface area contributed by atoms with E-state index in [1.54, 1.807) is 0 Å². The third-order valence-corrected chi connectivity index (χ3v) is 3.45. The summed E-state index contributed by atoms with van der Waals surface area (Å²) >= 11 is 0. The highest BCUT2D eigenvalue weighted by Gasteiger charge is 2.18. The Bertz CT molecular complexity index is 425. The average Bonchev–Trinajstić information content (AvgIpc) is 2.44. The van der Waals surface area contributed by atoms with E-state index >= 15 is 0 Å². The predicted octanol–water partition coefficient (Wildman–Crippen LogP) is 1.45. The normalized spacial score (nSPS) is 16.9. The molecular formula is C15H23N3O2. The van der Waals surface area contributed by atoms with Gasteiger partial charge in [-0.05, 0) is 44.0 Å². The standard InChI is InChI=1S/C15H23N3O2/c1-2-20-14-5-3-13(4-6-14)17-15(19)11-18-9-7-12(16)8-10-18/h3-6,12H,2,7-11,16H2,1H3,(H,17,19). The number of carbonyl (C=O) groups is 1. The van der Waals surface area contributed by atoms with Gasteiger partial charge in [-0.1, -0.05) is 0 Å². The van der Waals surface area contributed by atoms with Crippen LogP contribution in [0.5, 0.6) is 5.75 Å².